The molecule has 0 unspecified atom stereocenters. The molecule has 1 fully saturated rings. The first kappa shape index (κ1) is 11.2. The number of aliphatic hydroxyl groups is 1. The summed E-state index contributed by atoms with van der Waals surface area (Å²) < 4.78 is 4.84. The monoisotopic (exact) mass is 199 g/mol. The highest BCUT2D eigenvalue weighted by atomic mass is 16.5. The fraction of sp³-hybridized carbons (Fsp3) is 0.800. The van der Waals surface area contributed by atoms with E-state index in [4.69, 9.17) is 4.74 Å². The van der Waals surface area contributed by atoms with E-state index in [9.17, 15) is 9.90 Å². The first-order chi connectivity index (χ1) is 6.64. The van der Waals surface area contributed by atoms with Crippen LogP contribution in [0.25, 0.3) is 0 Å². The van der Waals surface area contributed by atoms with Crippen molar-refractivity contribution >= 4 is 11.7 Å². The Morgan fingerprint density at radius 2 is 2.07 bits per heavy atom. The van der Waals surface area contributed by atoms with Crippen LogP contribution in [0.5, 0.6) is 0 Å². The number of rotatable bonds is 3. The van der Waals surface area contributed by atoms with Gasteiger partial charge in [-0.2, -0.15) is 0 Å². The number of aliphatic imine (C=N–C) groups is 1. The van der Waals surface area contributed by atoms with Crippen molar-refractivity contribution in [2.24, 2.45) is 4.99 Å². The zero-order valence-electron chi connectivity index (χ0n) is 8.75. The highest BCUT2D eigenvalue weighted by molar-refractivity contribution is 6.39. The Hall–Kier alpha value is -0.900. The maximum Gasteiger partial charge on any atom is 0.355 e. The molecule has 0 radical (unpaired) electrons. The Morgan fingerprint density at radius 3 is 2.50 bits per heavy atom. The van der Waals surface area contributed by atoms with E-state index in [0.717, 1.165) is 12.8 Å². The second-order valence-electron chi connectivity index (χ2n) is 3.53. The normalized spacial score (nSPS) is 20.9. The summed E-state index contributed by atoms with van der Waals surface area (Å²) in [5, 5.41) is 10.1. The molecule has 1 rings (SSSR count). The number of esters is 1. The van der Waals surface area contributed by atoms with Crippen molar-refractivity contribution in [3.05, 3.63) is 0 Å². The average molecular weight is 199 g/mol. The SMILES string of the molecule is CCOC(=O)/C(=N\C)C1(O)CCCC1. The lowest BCUT2D eigenvalue weighted by Crippen LogP contribution is -2.41. The zero-order chi connectivity index (χ0) is 10.6. The van der Waals surface area contributed by atoms with Crippen molar-refractivity contribution in [3.63, 3.8) is 0 Å². The molecule has 0 bridgehead atoms. The van der Waals surface area contributed by atoms with Crippen molar-refractivity contribution in [1.29, 1.82) is 0 Å². The third-order valence-corrected chi connectivity index (χ3v) is 2.56. The number of nitrogens with zero attached hydrogens (tertiary/aromatic N) is 1. The lowest BCUT2D eigenvalue weighted by atomic mass is 9.95. The van der Waals surface area contributed by atoms with Crippen LogP contribution in [0, 0.1) is 0 Å². The van der Waals surface area contributed by atoms with Gasteiger partial charge < -0.3 is 9.84 Å². The van der Waals surface area contributed by atoms with Gasteiger partial charge in [0.05, 0.1) is 6.61 Å². The molecule has 0 amide bonds. The van der Waals surface area contributed by atoms with E-state index >= 15 is 0 Å². The Bertz CT molecular complexity index is 242. The highest BCUT2D eigenvalue weighted by Crippen LogP contribution is 2.31. The van der Waals surface area contributed by atoms with Crippen LogP contribution in [0.4, 0.5) is 0 Å². The molecule has 14 heavy (non-hydrogen) atoms. The molecular weight excluding hydrogens is 182 g/mol. The molecule has 1 saturated carbocycles. The first-order valence-corrected chi connectivity index (χ1v) is 5.01. The minimum atomic E-state index is -1.04. The predicted molar refractivity (Wildman–Crippen MR) is 53.4 cm³/mol. The van der Waals surface area contributed by atoms with Gasteiger partial charge in [-0.3, -0.25) is 4.99 Å². The summed E-state index contributed by atoms with van der Waals surface area (Å²) in [5.74, 6) is -0.487. The average Bonchev–Trinajstić information content (AvgIpc) is 2.54. The van der Waals surface area contributed by atoms with Gasteiger partial charge >= 0.3 is 5.97 Å². The van der Waals surface area contributed by atoms with E-state index in [1.165, 1.54) is 7.05 Å². The first-order valence-electron chi connectivity index (χ1n) is 5.01. The topological polar surface area (TPSA) is 58.9 Å². The summed E-state index contributed by atoms with van der Waals surface area (Å²) in [6.07, 6.45) is 3.10. The molecule has 0 aromatic rings. The van der Waals surface area contributed by atoms with Gasteiger partial charge in [0.25, 0.3) is 0 Å². The van der Waals surface area contributed by atoms with E-state index < -0.39 is 11.6 Å². The number of carbonyl (C=O) groups is 1. The second kappa shape index (κ2) is 4.55. The smallest absolute Gasteiger partial charge is 0.355 e. The minimum Gasteiger partial charge on any atom is -0.461 e. The van der Waals surface area contributed by atoms with Crippen LogP contribution in [0.3, 0.4) is 0 Å². The van der Waals surface area contributed by atoms with Crippen LogP contribution in [-0.2, 0) is 9.53 Å². The molecule has 0 atom stereocenters. The molecule has 1 aliphatic rings. The van der Waals surface area contributed by atoms with Gasteiger partial charge in [0.15, 0.2) is 5.71 Å². The van der Waals surface area contributed by atoms with Gasteiger partial charge in [0, 0.05) is 7.05 Å². The van der Waals surface area contributed by atoms with Gasteiger partial charge in [-0.25, -0.2) is 4.79 Å². The third-order valence-electron chi connectivity index (χ3n) is 2.56. The van der Waals surface area contributed by atoms with Gasteiger partial charge in [0.2, 0.25) is 0 Å². The van der Waals surface area contributed by atoms with Crippen LogP contribution in [-0.4, -0.2) is 36.0 Å². The van der Waals surface area contributed by atoms with Crippen molar-refractivity contribution in [2.45, 2.75) is 38.2 Å². The summed E-state index contributed by atoms with van der Waals surface area (Å²) in [5.41, 5.74) is -0.863. The van der Waals surface area contributed by atoms with E-state index in [1.807, 2.05) is 0 Å². The molecule has 0 aromatic heterocycles. The number of hydrogen-bond donors (Lipinski definition) is 1. The Morgan fingerprint density at radius 1 is 1.50 bits per heavy atom. The van der Waals surface area contributed by atoms with Crippen LogP contribution >= 0.6 is 0 Å². The van der Waals surface area contributed by atoms with E-state index in [1.54, 1.807) is 6.92 Å². The van der Waals surface area contributed by atoms with Crippen molar-refractivity contribution < 1.29 is 14.6 Å². The van der Waals surface area contributed by atoms with Gasteiger partial charge in [-0.05, 0) is 19.8 Å². The maximum absolute atomic E-state index is 11.5. The third kappa shape index (κ3) is 2.12. The Labute approximate surface area is 84.0 Å². The molecule has 0 aliphatic heterocycles. The number of ether oxygens (including phenoxy) is 1. The predicted octanol–water partition coefficient (Wildman–Crippen LogP) is 0.925. The molecule has 0 spiro atoms. The lowest BCUT2D eigenvalue weighted by Gasteiger charge is -2.22. The number of hydrogen-bond acceptors (Lipinski definition) is 4. The van der Waals surface area contributed by atoms with Crippen LogP contribution in [0.15, 0.2) is 4.99 Å². The quantitative estimate of drug-likeness (QED) is 0.543. The zero-order valence-corrected chi connectivity index (χ0v) is 8.75. The largest absolute Gasteiger partial charge is 0.461 e. The summed E-state index contributed by atoms with van der Waals surface area (Å²) >= 11 is 0. The Balaban J connectivity index is 2.76. The number of carbonyl (C=O) groups excluding carboxylic acids is 1. The van der Waals surface area contributed by atoms with E-state index in [0.29, 0.717) is 19.4 Å². The van der Waals surface area contributed by atoms with Crippen LogP contribution in [0.1, 0.15) is 32.6 Å². The fourth-order valence-electron chi connectivity index (χ4n) is 1.89. The molecule has 4 heteroatoms. The molecule has 1 N–H and O–H groups in total. The van der Waals surface area contributed by atoms with Crippen molar-refractivity contribution in [2.75, 3.05) is 13.7 Å². The maximum atomic E-state index is 11.5. The Kier molecular flexibility index (Phi) is 3.63. The molecule has 80 valence electrons. The lowest BCUT2D eigenvalue weighted by molar-refractivity contribution is -0.136. The minimum absolute atomic E-state index is 0.178. The summed E-state index contributed by atoms with van der Waals surface area (Å²) in [6, 6.07) is 0. The van der Waals surface area contributed by atoms with Crippen LogP contribution in [0.2, 0.25) is 0 Å². The van der Waals surface area contributed by atoms with Crippen molar-refractivity contribution in [3.8, 4) is 0 Å². The molecule has 4 nitrogen and oxygen atoms in total. The summed E-state index contributed by atoms with van der Waals surface area (Å²) in [6.45, 7) is 2.05. The summed E-state index contributed by atoms with van der Waals surface area (Å²) in [7, 11) is 1.52. The van der Waals surface area contributed by atoms with Crippen molar-refractivity contribution in [1.82, 2.24) is 0 Å². The fourth-order valence-corrected chi connectivity index (χ4v) is 1.89. The van der Waals surface area contributed by atoms with E-state index in [2.05, 4.69) is 4.99 Å². The standard InChI is InChI=1S/C10H17NO3/c1-3-14-9(12)8(11-2)10(13)6-4-5-7-10/h13H,3-7H2,1-2H3/b11-8+. The van der Waals surface area contributed by atoms with E-state index in [-0.39, 0.29) is 5.71 Å². The van der Waals surface area contributed by atoms with Crippen LogP contribution < -0.4 is 0 Å². The molecule has 0 heterocycles. The molecular formula is C10H17NO3. The van der Waals surface area contributed by atoms with Gasteiger partial charge in [0.1, 0.15) is 5.60 Å². The summed E-state index contributed by atoms with van der Waals surface area (Å²) in [4.78, 5) is 15.3. The molecule has 1 aliphatic carbocycles. The molecule has 0 saturated heterocycles. The van der Waals surface area contributed by atoms with Gasteiger partial charge in [-0.1, -0.05) is 12.8 Å². The van der Waals surface area contributed by atoms with Gasteiger partial charge in [-0.15, -0.1) is 0 Å². The highest BCUT2D eigenvalue weighted by Gasteiger charge is 2.40. The second-order valence-corrected chi connectivity index (χ2v) is 3.53. The molecule has 0 aromatic carbocycles.